The highest BCUT2D eigenvalue weighted by atomic mass is 35.5. The molecule has 1 aliphatic heterocycles. The molecule has 0 saturated heterocycles. The van der Waals surface area contributed by atoms with Crippen LogP contribution in [0.1, 0.15) is 24.2 Å². The molecule has 3 rings (SSSR count). The topological polar surface area (TPSA) is 134 Å². The fourth-order valence-corrected chi connectivity index (χ4v) is 4.90. The second-order valence-electron chi connectivity index (χ2n) is 8.09. The van der Waals surface area contributed by atoms with E-state index in [1.54, 1.807) is 25.0 Å². The zero-order chi connectivity index (χ0) is 27.7. The van der Waals surface area contributed by atoms with E-state index in [9.17, 15) is 9.59 Å². The summed E-state index contributed by atoms with van der Waals surface area (Å²) in [6, 6.07) is 13.0. The molecule has 0 aliphatic carbocycles. The van der Waals surface area contributed by atoms with Gasteiger partial charge in [0.2, 0.25) is 0 Å². The van der Waals surface area contributed by atoms with Crippen molar-refractivity contribution in [1.29, 1.82) is 0 Å². The van der Waals surface area contributed by atoms with Crippen LogP contribution in [0.4, 0.5) is 5.69 Å². The Kier molecular flexibility index (Phi) is 11.2. The Morgan fingerprint density at radius 2 is 1.70 bits per heavy atom. The third-order valence-corrected chi connectivity index (χ3v) is 6.79. The summed E-state index contributed by atoms with van der Waals surface area (Å²) in [5, 5.41) is 14.9. The molecule has 12 heteroatoms. The average Bonchev–Trinajstić information content (AvgIpc) is 2.97. The molecule has 1 aliphatic rings. The molecule has 0 aromatic heterocycles. The number of esters is 1. The van der Waals surface area contributed by atoms with Gasteiger partial charge < -0.3 is 29.5 Å². The van der Waals surface area contributed by atoms with Gasteiger partial charge in [0.15, 0.2) is 6.10 Å². The number of hydrogen-bond donors (Lipinski definition) is 2. The molecule has 2 aromatic rings. The highest BCUT2D eigenvalue weighted by molar-refractivity contribution is 7.99. The number of rotatable bonds is 7. The van der Waals surface area contributed by atoms with Crippen molar-refractivity contribution < 1.29 is 38.9 Å². The second kappa shape index (κ2) is 13.9. The summed E-state index contributed by atoms with van der Waals surface area (Å²) in [6.45, 7) is 2.86. The lowest BCUT2D eigenvalue weighted by molar-refractivity contribution is -0.159. The number of halogens is 1. The maximum atomic E-state index is 13.7. The van der Waals surface area contributed by atoms with Gasteiger partial charge in [-0.15, -0.1) is 11.8 Å². The van der Waals surface area contributed by atoms with Gasteiger partial charge in [-0.1, -0.05) is 30.7 Å². The standard InChI is InChI=1S/C23H27ClN2O4S.C2H2O4/c1-5-20(27)30-21-22(15-6-9-17(29-4)10-7-15)31-19-14-16(24)8-11-18(19)26(23(21)28)13-12-25(2)3;3-1(4)2(5)6/h6-11,14,21-22H,5,12-13H2,1-4H3;(H,3,4)(H,5,6)/t21-,22+;/m0./s1. The quantitative estimate of drug-likeness (QED) is 0.388. The van der Waals surface area contributed by atoms with Gasteiger partial charge in [-0.25, -0.2) is 9.59 Å². The summed E-state index contributed by atoms with van der Waals surface area (Å²) in [7, 11) is 5.51. The lowest BCUT2D eigenvalue weighted by Crippen LogP contribution is -2.45. The van der Waals surface area contributed by atoms with Gasteiger partial charge in [-0.05, 0) is 50.0 Å². The van der Waals surface area contributed by atoms with Gasteiger partial charge in [0, 0.05) is 29.4 Å². The van der Waals surface area contributed by atoms with E-state index in [0.29, 0.717) is 23.9 Å². The highest BCUT2D eigenvalue weighted by Crippen LogP contribution is 2.47. The van der Waals surface area contributed by atoms with Gasteiger partial charge in [0.1, 0.15) is 5.75 Å². The minimum atomic E-state index is -1.82. The average molecular weight is 553 g/mol. The van der Waals surface area contributed by atoms with Gasteiger partial charge in [-0.3, -0.25) is 9.59 Å². The number of amides is 1. The predicted octanol–water partition coefficient (Wildman–Crippen LogP) is 3.57. The second-order valence-corrected chi connectivity index (χ2v) is 9.71. The number of aliphatic carboxylic acids is 2. The summed E-state index contributed by atoms with van der Waals surface area (Å²) < 4.78 is 11.0. The summed E-state index contributed by atoms with van der Waals surface area (Å²) in [4.78, 5) is 48.8. The number of likely N-dealkylation sites (N-methyl/N-ethyl adjacent to an activating group) is 1. The molecule has 37 heavy (non-hydrogen) atoms. The largest absolute Gasteiger partial charge is 0.497 e. The number of ether oxygens (including phenoxy) is 2. The molecular formula is C25H29ClN2O8S. The zero-order valence-corrected chi connectivity index (χ0v) is 22.4. The number of carboxylic acids is 2. The molecule has 0 unspecified atom stereocenters. The van der Waals surface area contributed by atoms with Crippen LogP contribution < -0.4 is 9.64 Å². The van der Waals surface area contributed by atoms with E-state index < -0.39 is 29.3 Å². The van der Waals surface area contributed by atoms with E-state index in [2.05, 4.69) is 0 Å². The first-order chi connectivity index (χ1) is 17.5. The van der Waals surface area contributed by atoms with E-state index in [0.717, 1.165) is 16.1 Å². The lowest BCUT2D eigenvalue weighted by Gasteiger charge is -2.28. The van der Waals surface area contributed by atoms with Crippen molar-refractivity contribution >= 4 is 52.9 Å². The summed E-state index contributed by atoms with van der Waals surface area (Å²) in [5.74, 6) is -3.58. The smallest absolute Gasteiger partial charge is 0.414 e. The van der Waals surface area contributed by atoms with Crippen LogP contribution >= 0.6 is 23.4 Å². The van der Waals surface area contributed by atoms with E-state index in [1.807, 2.05) is 55.4 Å². The normalized spacial score (nSPS) is 16.7. The van der Waals surface area contributed by atoms with Crippen LogP contribution in [0.5, 0.6) is 5.75 Å². The molecule has 0 spiro atoms. The first-order valence-electron chi connectivity index (χ1n) is 11.2. The molecule has 2 N–H and O–H groups in total. The van der Waals surface area contributed by atoms with Crippen LogP contribution in [0.25, 0.3) is 0 Å². The molecule has 1 heterocycles. The number of hydrogen-bond acceptors (Lipinski definition) is 8. The number of fused-ring (bicyclic) bond motifs is 1. The predicted molar refractivity (Wildman–Crippen MR) is 139 cm³/mol. The van der Waals surface area contributed by atoms with Crippen LogP contribution in [0.2, 0.25) is 5.02 Å². The molecular weight excluding hydrogens is 524 g/mol. The van der Waals surface area contributed by atoms with Crippen molar-refractivity contribution in [2.45, 2.75) is 29.6 Å². The van der Waals surface area contributed by atoms with Crippen molar-refractivity contribution in [2.75, 3.05) is 39.2 Å². The maximum absolute atomic E-state index is 13.7. The van der Waals surface area contributed by atoms with E-state index in [1.165, 1.54) is 11.8 Å². The van der Waals surface area contributed by atoms with E-state index in [4.69, 9.17) is 40.9 Å². The maximum Gasteiger partial charge on any atom is 0.414 e. The number of methoxy groups -OCH3 is 1. The number of benzene rings is 2. The third-order valence-electron chi connectivity index (χ3n) is 5.20. The molecule has 0 bridgehead atoms. The van der Waals surface area contributed by atoms with Gasteiger partial charge in [-0.2, -0.15) is 0 Å². The van der Waals surface area contributed by atoms with Crippen molar-refractivity contribution in [3.8, 4) is 5.75 Å². The third kappa shape index (κ3) is 8.38. The summed E-state index contributed by atoms with van der Waals surface area (Å²) >= 11 is 7.77. The first kappa shape index (κ1) is 29.9. The molecule has 1 amide bonds. The van der Waals surface area contributed by atoms with Crippen LogP contribution in [-0.4, -0.2) is 79.3 Å². The molecule has 2 atom stereocenters. The Morgan fingerprint density at radius 3 is 2.22 bits per heavy atom. The monoisotopic (exact) mass is 552 g/mol. The van der Waals surface area contributed by atoms with Crippen molar-refractivity contribution in [3.63, 3.8) is 0 Å². The first-order valence-corrected chi connectivity index (χ1v) is 12.5. The highest BCUT2D eigenvalue weighted by Gasteiger charge is 2.41. The van der Waals surface area contributed by atoms with Crippen LogP contribution in [0.15, 0.2) is 47.4 Å². The molecule has 200 valence electrons. The minimum Gasteiger partial charge on any atom is -0.497 e. The van der Waals surface area contributed by atoms with Crippen LogP contribution in [0, 0.1) is 0 Å². The van der Waals surface area contributed by atoms with Crippen molar-refractivity contribution in [1.82, 2.24) is 4.90 Å². The molecule has 0 saturated carbocycles. The number of nitrogens with zero attached hydrogens (tertiary/aromatic N) is 2. The number of anilines is 1. The van der Waals surface area contributed by atoms with Crippen molar-refractivity contribution in [3.05, 3.63) is 53.1 Å². The van der Waals surface area contributed by atoms with Gasteiger partial charge in [0.25, 0.3) is 5.91 Å². The van der Waals surface area contributed by atoms with Crippen LogP contribution in [0.3, 0.4) is 0 Å². The minimum absolute atomic E-state index is 0.195. The van der Waals surface area contributed by atoms with Gasteiger partial charge >= 0.3 is 17.9 Å². The Bertz CT molecular complexity index is 1110. The molecule has 0 fully saturated rings. The number of carboxylic acid groups (broad SMARTS) is 2. The Labute approximate surface area is 224 Å². The molecule has 0 radical (unpaired) electrons. The SMILES string of the molecule is CCC(=O)O[C@@H]1C(=O)N(CCN(C)C)c2ccc(Cl)cc2S[C@@H]1c1ccc(OC)cc1.O=C(O)C(=O)O. The molecule has 10 nitrogen and oxygen atoms in total. The van der Waals surface area contributed by atoms with Gasteiger partial charge in [0.05, 0.1) is 18.0 Å². The summed E-state index contributed by atoms with van der Waals surface area (Å²) in [5.41, 5.74) is 1.64. The van der Waals surface area contributed by atoms with Crippen LogP contribution in [-0.2, 0) is 23.9 Å². The zero-order valence-electron chi connectivity index (χ0n) is 20.8. The Morgan fingerprint density at radius 1 is 1.08 bits per heavy atom. The number of carbonyl (C=O) groups is 4. The summed E-state index contributed by atoms with van der Waals surface area (Å²) in [6.07, 6.45) is -0.764. The van der Waals surface area contributed by atoms with Crippen molar-refractivity contribution in [2.24, 2.45) is 0 Å². The fourth-order valence-electron chi connectivity index (χ4n) is 3.31. The lowest BCUT2D eigenvalue weighted by atomic mass is 10.1. The number of thioether (sulfide) groups is 1. The number of carbonyl (C=O) groups excluding carboxylic acids is 2. The Hall–Kier alpha value is -3.28. The van der Waals surface area contributed by atoms with E-state index in [-0.39, 0.29) is 12.3 Å². The fraction of sp³-hybridized carbons (Fsp3) is 0.360. The van der Waals surface area contributed by atoms with E-state index >= 15 is 0 Å². The Balaban J connectivity index is 0.000000717. The molecule has 2 aromatic carbocycles.